The van der Waals surface area contributed by atoms with E-state index in [-0.39, 0.29) is 0 Å². The Labute approximate surface area is 120 Å². The minimum absolute atomic E-state index is 0.772. The van der Waals surface area contributed by atoms with Crippen molar-refractivity contribution in [1.82, 2.24) is 0 Å². The van der Waals surface area contributed by atoms with E-state index in [0.29, 0.717) is 0 Å². The Kier molecular flexibility index (Phi) is 17.0. The van der Waals surface area contributed by atoms with Crippen molar-refractivity contribution in [3.05, 3.63) is 12.3 Å². The maximum absolute atomic E-state index is 5.58. The zero-order valence-corrected chi connectivity index (χ0v) is 13.2. The maximum atomic E-state index is 5.58. The summed E-state index contributed by atoms with van der Waals surface area (Å²) in [5.74, 6) is 0. The summed E-state index contributed by atoms with van der Waals surface area (Å²) in [5.41, 5.74) is 0. The van der Waals surface area contributed by atoms with Crippen molar-refractivity contribution in [3.8, 4) is 0 Å². The Morgan fingerprint density at radius 1 is 0.684 bits per heavy atom. The van der Waals surface area contributed by atoms with Crippen LogP contribution < -0.4 is 0 Å². The molecule has 0 unspecified atom stereocenters. The van der Waals surface area contributed by atoms with E-state index in [1.807, 2.05) is 6.08 Å². The predicted octanol–water partition coefficient (Wildman–Crippen LogP) is 5.47. The van der Waals surface area contributed by atoms with Crippen LogP contribution in [0, 0.1) is 0 Å². The summed E-state index contributed by atoms with van der Waals surface area (Å²) in [6.07, 6.45) is 16.7. The van der Waals surface area contributed by atoms with Gasteiger partial charge in [-0.3, -0.25) is 0 Å². The van der Waals surface area contributed by atoms with Crippen LogP contribution in [0.5, 0.6) is 0 Å². The summed E-state index contributed by atoms with van der Waals surface area (Å²) in [5, 5.41) is 0. The molecule has 0 fully saturated rings. The molecule has 2 nitrogen and oxygen atoms in total. The summed E-state index contributed by atoms with van der Waals surface area (Å²) in [6, 6.07) is 0. The van der Waals surface area contributed by atoms with Crippen LogP contribution in [0.1, 0.15) is 78.1 Å². The van der Waals surface area contributed by atoms with Gasteiger partial charge in [0.05, 0.1) is 12.9 Å². The third-order valence-electron chi connectivity index (χ3n) is 3.12. The Morgan fingerprint density at radius 2 is 1.32 bits per heavy atom. The van der Waals surface area contributed by atoms with E-state index >= 15 is 0 Å². The third kappa shape index (κ3) is 17.5. The van der Waals surface area contributed by atoms with Crippen LogP contribution in [-0.4, -0.2) is 19.8 Å². The molecule has 0 radical (unpaired) electrons. The Hall–Kier alpha value is -0.500. The van der Waals surface area contributed by atoms with Crippen LogP contribution in [0.4, 0.5) is 0 Å². The molecule has 0 aliphatic heterocycles. The first-order valence-corrected chi connectivity index (χ1v) is 8.26. The molecule has 0 amide bonds. The van der Waals surface area contributed by atoms with Gasteiger partial charge in [0.2, 0.25) is 0 Å². The maximum Gasteiger partial charge on any atom is 0.0895 e. The van der Waals surface area contributed by atoms with Crippen molar-refractivity contribution >= 4 is 0 Å². The second-order valence-corrected chi connectivity index (χ2v) is 5.09. The first-order valence-electron chi connectivity index (χ1n) is 8.26. The topological polar surface area (TPSA) is 18.5 Å². The molecule has 0 aromatic heterocycles. The molecule has 0 saturated heterocycles. The van der Waals surface area contributed by atoms with Crippen molar-refractivity contribution < 1.29 is 9.47 Å². The number of allylic oxidation sites excluding steroid dienone is 1. The molecule has 0 aromatic rings. The minimum atomic E-state index is 0.772. The molecule has 0 aromatic carbocycles. The van der Waals surface area contributed by atoms with Gasteiger partial charge in [0, 0.05) is 19.6 Å². The number of unbranched alkanes of at least 4 members (excludes halogenated alkanes) is 7. The largest absolute Gasteiger partial charge is 0.501 e. The van der Waals surface area contributed by atoms with Crippen LogP contribution in [-0.2, 0) is 9.47 Å². The van der Waals surface area contributed by atoms with E-state index in [1.54, 1.807) is 6.26 Å². The summed E-state index contributed by atoms with van der Waals surface area (Å²) < 4.78 is 10.9. The van der Waals surface area contributed by atoms with Crippen molar-refractivity contribution in [2.24, 2.45) is 0 Å². The van der Waals surface area contributed by atoms with E-state index in [2.05, 4.69) is 13.8 Å². The monoisotopic (exact) mass is 270 g/mol. The zero-order valence-electron chi connectivity index (χ0n) is 13.2. The van der Waals surface area contributed by atoms with Crippen molar-refractivity contribution in [2.75, 3.05) is 19.8 Å². The molecule has 0 bridgehead atoms. The molecule has 0 N–H and O–H groups in total. The molecule has 114 valence electrons. The first-order chi connectivity index (χ1) is 9.41. The second-order valence-electron chi connectivity index (χ2n) is 5.09. The summed E-state index contributed by atoms with van der Waals surface area (Å²) in [7, 11) is 0. The van der Waals surface area contributed by atoms with Crippen LogP contribution in [0.15, 0.2) is 12.3 Å². The highest BCUT2D eigenvalue weighted by molar-refractivity contribution is 4.70. The summed E-state index contributed by atoms with van der Waals surface area (Å²) in [6.45, 7) is 6.89. The van der Waals surface area contributed by atoms with Gasteiger partial charge in [-0.25, -0.2) is 0 Å². The average molecular weight is 270 g/mol. The highest BCUT2D eigenvalue weighted by Gasteiger charge is 1.92. The lowest BCUT2D eigenvalue weighted by Crippen LogP contribution is -2.00. The second kappa shape index (κ2) is 17.5. The lowest BCUT2D eigenvalue weighted by atomic mass is 10.1. The van der Waals surface area contributed by atoms with Crippen molar-refractivity contribution in [3.63, 3.8) is 0 Å². The van der Waals surface area contributed by atoms with E-state index in [0.717, 1.165) is 32.7 Å². The minimum Gasteiger partial charge on any atom is -0.501 e. The molecule has 0 rings (SSSR count). The standard InChI is InChI=1S/C17H34O2/c1-3-5-7-8-9-10-11-12-15-19-17-13-16-18-14-6-4-2/h6,14H,3-5,7-13,15-17H2,1-2H3. The Bertz CT molecular complexity index is 178. The normalized spacial score (nSPS) is 11.3. The molecular formula is C17H34O2. The Balaban J connectivity index is 2.93. The quantitative estimate of drug-likeness (QED) is 0.290. The van der Waals surface area contributed by atoms with Gasteiger partial charge in [-0.2, -0.15) is 0 Å². The predicted molar refractivity (Wildman–Crippen MR) is 83.4 cm³/mol. The molecule has 0 atom stereocenters. The number of hydrogen-bond acceptors (Lipinski definition) is 2. The fraction of sp³-hybridized carbons (Fsp3) is 0.882. The van der Waals surface area contributed by atoms with Crippen LogP contribution in [0.3, 0.4) is 0 Å². The van der Waals surface area contributed by atoms with Gasteiger partial charge in [-0.05, 0) is 12.8 Å². The van der Waals surface area contributed by atoms with Gasteiger partial charge in [-0.15, -0.1) is 0 Å². The van der Waals surface area contributed by atoms with E-state index in [4.69, 9.17) is 9.47 Å². The average Bonchev–Trinajstić information content (AvgIpc) is 2.43. The van der Waals surface area contributed by atoms with Gasteiger partial charge in [0.15, 0.2) is 0 Å². The molecule has 2 heteroatoms. The molecule has 0 saturated carbocycles. The fourth-order valence-electron chi connectivity index (χ4n) is 1.92. The van der Waals surface area contributed by atoms with E-state index in [9.17, 15) is 0 Å². The highest BCUT2D eigenvalue weighted by Crippen LogP contribution is 2.08. The lowest BCUT2D eigenvalue weighted by molar-refractivity contribution is 0.108. The highest BCUT2D eigenvalue weighted by atomic mass is 16.5. The Morgan fingerprint density at radius 3 is 2.00 bits per heavy atom. The van der Waals surface area contributed by atoms with Crippen LogP contribution in [0.2, 0.25) is 0 Å². The molecular weight excluding hydrogens is 236 g/mol. The van der Waals surface area contributed by atoms with Gasteiger partial charge in [0.1, 0.15) is 0 Å². The van der Waals surface area contributed by atoms with Gasteiger partial charge >= 0.3 is 0 Å². The summed E-state index contributed by atoms with van der Waals surface area (Å²) in [4.78, 5) is 0. The fourth-order valence-corrected chi connectivity index (χ4v) is 1.92. The zero-order chi connectivity index (χ0) is 14.0. The summed E-state index contributed by atoms with van der Waals surface area (Å²) >= 11 is 0. The number of ether oxygens (including phenoxy) is 2. The SMILES string of the molecule is CCC=COCCCOCCCCCCCCCC. The third-order valence-corrected chi connectivity index (χ3v) is 3.12. The smallest absolute Gasteiger partial charge is 0.0895 e. The molecule has 0 heterocycles. The van der Waals surface area contributed by atoms with Gasteiger partial charge < -0.3 is 9.47 Å². The lowest BCUT2D eigenvalue weighted by Gasteiger charge is -2.04. The van der Waals surface area contributed by atoms with Gasteiger partial charge in [-0.1, -0.05) is 64.9 Å². The molecule has 19 heavy (non-hydrogen) atoms. The van der Waals surface area contributed by atoms with Crippen LogP contribution in [0.25, 0.3) is 0 Å². The van der Waals surface area contributed by atoms with Gasteiger partial charge in [0.25, 0.3) is 0 Å². The number of rotatable bonds is 15. The van der Waals surface area contributed by atoms with E-state index < -0.39 is 0 Å². The molecule has 0 aliphatic rings. The first kappa shape index (κ1) is 18.5. The van der Waals surface area contributed by atoms with Crippen molar-refractivity contribution in [1.29, 1.82) is 0 Å². The van der Waals surface area contributed by atoms with E-state index in [1.165, 1.54) is 51.4 Å². The molecule has 0 aliphatic carbocycles. The number of hydrogen-bond donors (Lipinski definition) is 0. The van der Waals surface area contributed by atoms with Crippen molar-refractivity contribution in [2.45, 2.75) is 78.1 Å². The molecule has 0 spiro atoms. The van der Waals surface area contributed by atoms with Crippen LogP contribution >= 0.6 is 0 Å².